The minimum absolute atomic E-state index is 0.107. The summed E-state index contributed by atoms with van der Waals surface area (Å²) in [6.45, 7) is 6.90. The van der Waals surface area contributed by atoms with Gasteiger partial charge in [-0.3, -0.25) is 14.7 Å². The number of rotatable bonds is 5. The molecule has 2 aliphatic rings. The lowest BCUT2D eigenvalue weighted by Gasteiger charge is -2.29. The fraction of sp³-hybridized carbons (Fsp3) is 0.462. The molecule has 3 heterocycles. The van der Waals surface area contributed by atoms with Crippen molar-refractivity contribution in [3.8, 4) is 5.69 Å². The van der Waals surface area contributed by atoms with Gasteiger partial charge in [0.15, 0.2) is 5.69 Å². The number of carbonyl (C=O) groups is 1. The molecule has 33 heavy (non-hydrogen) atoms. The molecule has 0 bridgehead atoms. The van der Waals surface area contributed by atoms with Crippen molar-refractivity contribution in [1.29, 1.82) is 0 Å². The van der Waals surface area contributed by atoms with E-state index in [2.05, 4.69) is 56.7 Å². The van der Waals surface area contributed by atoms with E-state index >= 15 is 0 Å². The Labute approximate surface area is 195 Å². The van der Waals surface area contributed by atoms with Gasteiger partial charge in [0.2, 0.25) is 0 Å². The van der Waals surface area contributed by atoms with Crippen molar-refractivity contribution >= 4 is 5.91 Å². The molecule has 1 aliphatic carbocycles. The fourth-order valence-electron chi connectivity index (χ4n) is 5.13. The van der Waals surface area contributed by atoms with Gasteiger partial charge in [-0.1, -0.05) is 30.3 Å². The molecular formula is C26H32N6O. The normalized spacial score (nSPS) is 20.9. The summed E-state index contributed by atoms with van der Waals surface area (Å²) in [6.07, 6.45) is 7.21. The van der Waals surface area contributed by atoms with Gasteiger partial charge < -0.3 is 5.32 Å². The second-order valence-corrected chi connectivity index (χ2v) is 9.56. The maximum absolute atomic E-state index is 12.9. The van der Waals surface area contributed by atoms with Crippen molar-refractivity contribution in [3.63, 3.8) is 0 Å². The summed E-state index contributed by atoms with van der Waals surface area (Å²) in [7, 11) is 0. The number of pyridine rings is 1. The Morgan fingerprint density at radius 1 is 1.12 bits per heavy atom. The van der Waals surface area contributed by atoms with Gasteiger partial charge in [0.1, 0.15) is 0 Å². The van der Waals surface area contributed by atoms with E-state index in [9.17, 15) is 4.79 Å². The van der Waals surface area contributed by atoms with Gasteiger partial charge in [-0.15, -0.1) is 5.10 Å². The first-order chi connectivity index (χ1) is 16.1. The van der Waals surface area contributed by atoms with Gasteiger partial charge in [-0.2, -0.15) is 0 Å². The zero-order valence-electron chi connectivity index (χ0n) is 19.5. The van der Waals surface area contributed by atoms with Crippen LogP contribution in [0.5, 0.6) is 0 Å². The molecular weight excluding hydrogens is 412 g/mol. The minimum atomic E-state index is -0.107. The first-order valence-corrected chi connectivity index (χ1v) is 12.0. The largest absolute Gasteiger partial charge is 0.348 e. The molecule has 1 aliphatic heterocycles. The lowest BCUT2D eigenvalue weighted by atomic mass is 9.87. The molecule has 7 heteroatoms. The molecule has 0 saturated heterocycles. The van der Waals surface area contributed by atoms with E-state index < -0.39 is 0 Å². The Bertz CT molecular complexity index is 1120. The maximum Gasteiger partial charge on any atom is 0.273 e. The number of hydrogen-bond donors (Lipinski definition) is 1. The first-order valence-electron chi connectivity index (χ1n) is 12.0. The van der Waals surface area contributed by atoms with Crippen LogP contribution in [0.1, 0.15) is 65.6 Å². The molecule has 0 spiro atoms. The Morgan fingerprint density at radius 2 is 1.97 bits per heavy atom. The van der Waals surface area contributed by atoms with Crippen molar-refractivity contribution in [3.05, 3.63) is 70.8 Å². The number of nitrogens with one attached hydrogen (secondary N) is 1. The molecule has 1 amide bonds. The van der Waals surface area contributed by atoms with E-state index in [1.165, 1.54) is 24.0 Å². The number of aromatic nitrogens is 4. The molecule has 172 valence electrons. The fourth-order valence-corrected chi connectivity index (χ4v) is 5.13. The molecule has 0 unspecified atom stereocenters. The molecule has 2 aromatic heterocycles. The highest BCUT2D eigenvalue weighted by molar-refractivity contribution is 5.93. The Hall–Kier alpha value is -3.06. The summed E-state index contributed by atoms with van der Waals surface area (Å²) in [6, 6.07) is 12.6. The van der Waals surface area contributed by atoms with Gasteiger partial charge in [0.05, 0.1) is 17.1 Å². The lowest BCUT2D eigenvalue weighted by molar-refractivity contribution is 0.0917. The number of fused-ring (bicyclic) bond motifs is 1. The van der Waals surface area contributed by atoms with Crippen LogP contribution in [0.3, 0.4) is 0 Å². The second kappa shape index (κ2) is 9.43. The van der Waals surface area contributed by atoms with Gasteiger partial charge in [-0.05, 0) is 74.3 Å². The lowest BCUT2D eigenvalue weighted by Crippen LogP contribution is -2.37. The summed E-state index contributed by atoms with van der Waals surface area (Å²) >= 11 is 0. The molecule has 1 N–H and O–H groups in total. The van der Waals surface area contributed by atoms with Crippen LogP contribution in [0, 0.1) is 12.8 Å². The summed E-state index contributed by atoms with van der Waals surface area (Å²) < 4.78 is 1.84. The van der Waals surface area contributed by atoms with Gasteiger partial charge in [-0.25, -0.2) is 4.68 Å². The van der Waals surface area contributed by atoms with Crippen molar-refractivity contribution < 1.29 is 4.79 Å². The van der Waals surface area contributed by atoms with Crippen LogP contribution in [0.15, 0.2) is 42.6 Å². The molecule has 7 nitrogen and oxygen atoms in total. The average molecular weight is 445 g/mol. The number of amides is 1. The van der Waals surface area contributed by atoms with E-state index in [1.807, 2.05) is 29.9 Å². The smallest absolute Gasteiger partial charge is 0.273 e. The van der Waals surface area contributed by atoms with Crippen LogP contribution in [-0.4, -0.2) is 43.4 Å². The Morgan fingerprint density at radius 3 is 2.76 bits per heavy atom. The van der Waals surface area contributed by atoms with E-state index in [4.69, 9.17) is 0 Å². The highest BCUT2D eigenvalue weighted by Gasteiger charge is 2.25. The zero-order chi connectivity index (χ0) is 22.8. The van der Waals surface area contributed by atoms with Gasteiger partial charge >= 0.3 is 0 Å². The number of hydrogen-bond acceptors (Lipinski definition) is 5. The first kappa shape index (κ1) is 21.8. The van der Waals surface area contributed by atoms with E-state index in [1.54, 1.807) is 0 Å². The third-order valence-electron chi connectivity index (χ3n) is 7.12. The molecule has 3 aromatic rings. The molecule has 1 saturated carbocycles. The van der Waals surface area contributed by atoms with E-state index in [0.29, 0.717) is 5.69 Å². The highest BCUT2D eigenvalue weighted by atomic mass is 16.2. The number of carbonyl (C=O) groups excluding carboxylic acids is 1. The van der Waals surface area contributed by atoms with Gasteiger partial charge in [0.25, 0.3) is 5.91 Å². The van der Waals surface area contributed by atoms with Gasteiger partial charge in [0, 0.05) is 31.9 Å². The molecule has 5 rings (SSSR count). The van der Waals surface area contributed by atoms with E-state index in [0.717, 1.165) is 61.9 Å². The van der Waals surface area contributed by atoms with E-state index in [-0.39, 0.29) is 11.9 Å². The highest BCUT2D eigenvalue weighted by Crippen LogP contribution is 2.27. The standard InChI is InChI=1S/C26H32N6O/c1-18-9-11-21(12-10-18)28-26(33)25-19(2)32(30-29-25)24-8-5-6-20-16-31(15-13-23(20)24)17-22-7-3-4-14-27-22/h3-8,14,18,21H,9-13,15-17H2,1-2H3,(H,28,33). The topological polar surface area (TPSA) is 75.9 Å². The summed E-state index contributed by atoms with van der Waals surface area (Å²) in [5.41, 5.74) is 5.93. The third-order valence-corrected chi connectivity index (χ3v) is 7.12. The quantitative estimate of drug-likeness (QED) is 0.647. The maximum atomic E-state index is 12.9. The molecule has 1 aromatic carbocycles. The SMILES string of the molecule is Cc1c(C(=O)NC2CCC(C)CC2)nnn1-c1cccc2c1CCN(Cc1ccccn1)C2. The minimum Gasteiger partial charge on any atom is -0.348 e. The Kier molecular flexibility index (Phi) is 6.22. The number of benzene rings is 1. The predicted octanol–water partition coefficient (Wildman–Crippen LogP) is 3.84. The van der Waals surface area contributed by atoms with Crippen LogP contribution >= 0.6 is 0 Å². The average Bonchev–Trinajstić information content (AvgIpc) is 3.22. The predicted molar refractivity (Wildman–Crippen MR) is 127 cm³/mol. The van der Waals surface area contributed by atoms with Crippen molar-refractivity contribution in [2.45, 2.75) is 65.1 Å². The van der Waals surface area contributed by atoms with Crippen LogP contribution in [0.4, 0.5) is 0 Å². The number of nitrogens with zero attached hydrogens (tertiary/aromatic N) is 5. The third kappa shape index (κ3) is 4.69. The molecule has 0 radical (unpaired) electrons. The van der Waals surface area contributed by atoms with Crippen LogP contribution in [-0.2, 0) is 19.5 Å². The van der Waals surface area contributed by atoms with Crippen molar-refractivity contribution in [1.82, 2.24) is 30.2 Å². The molecule has 1 fully saturated rings. The Balaban J connectivity index is 1.32. The summed E-state index contributed by atoms with van der Waals surface area (Å²) in [5.74, 6) is 0.648. The van der Waals surface area contributed by atoms with Crippen molar-refractivity contribution in [2.24, 2.45) is 5.92 Å². The summed E-state index contributed by atoms with van der Waals surface area (Å²) in [4.78, 5) is 19.8. The van der Waals surface area contributed by atoms with Crippen LogP contribution in [0.25, 0.3) is 5.69 Å². The molecule has 0 atom stereocenters. The van der Waals surface area contributed by atoms with Crippen LogP contribution in [0.2, 0.25) is 0 Å². The second-order valence-electron chi connectivity index (χ2n) is 9.56. The van der Waals surface area contributed by atoms with Crippen molar-refractivity contribution in [2.75, 3.05) is 6.54 Å². The zero-order valence-corrected chi connectivity index (χ0v) is 19.5. The summed E-state index contributed by atoms with van der Waals surface area (Å²) in [5, 5.41) is 11.8. The van der Waals surface area contributed by atoms with Crippen LogP contribution < -0.4 is 5.32 Å². The monoisotopic (exact) mass is 444 g/mol.